The molecule has 0 aliphatic carbocycles. The fourth-order valence-electron chi connectivity index (χ4n) is 2.88. The lowest BCUT2D eigenvalue weighted by atomic mass is 10.1. The maximum atomic E-state index is 13.6. The first-order valence-electron chi connectivity index (χ1n) is 8.59. The summed E-state index contributed by atoms with van der Waals surface area (Å²) < 4.78 is 13.6. The van der Waals surface area contributed by atoms with Crippen molar-refractivity contribution < 1.29 is 14.0 Å². The molecule has 6 nitrogen and oxygen atoms in total. The summed E-state index contributed by atoms with van der Waals surface area (Å²) in [5.74, 6) is 0.298. The molecule has 136 valence electrons. The summed E-state index contributed by atoms with van der Waals surface area (Å²) in [6, 6.07) is 10.1. The van der Waals surface area contributed by atoms with Crippen LogP contribution in [-0.2, 0) is 11.2 Å². The number of carbonyl (C=O) groups excluding carboxylic acids is 2. The Bertz CT molecular complexity index is 758. The fraction of sp³-hybridized carbons (Fsp3) is 0.316. The lowest BCUT2D eigenvalue weighted by molar-refractivity contribution is -0.118. The SMILES string of the molecule is O=CN1CCN(c2ccc(C(=O)NCCc3ccccc3F)cn2)CC1. The molecule has 0 unspecified atom stereocenters. The zero-order chi connectivity index (χ0) is 18.4. The molecule has 0 bridgehead atoms. The van der Waals surface area contributed by atoms with Gasteiger partial charge in [0.1, 0.15) is 11.6 Å². The van der Waals surface area contributed by atoms with Crippen LogP contribution in [0.25, 0.3) is 0 Å². The standard InChI is InChI=1S/C19H21FN4O2/c20-17-4-2-1-3-15(17)7-8-21-19(26)16-5-6-18(22-13-16)24-11-9-23(14-25)10-12-24/h1-6,13-14H,7-12H2,(H,21,26). The fourth-order valence-corrected chi connectivity index (χ4v) is 2.88. The number of carbonyl (C=O) groups is 2. The van der Waals surface area contributed by atoms with Crippen molar-refractivity contribution in [2.45, 2.75) is 6.42 Å². The molecule has 1 aromatic carbocycles. The molecule has 1 saturated heterocycles. The minimum Gasteiger partial charge on any atom is -0.353 e. The van der Waals surface area contributed by atoms with Gasteiger partial charge in [0.25, 0.3) is 5.91 Å². The van der Waals surface area contributed by atoms with Crippen molar-refractivity contribution in [1.29, 1.82) is 0 Å². The second kappa shape index (κ2) is 8.42. The van der Waals surface area contributed by atoms with E-state index in [4.69, 9.17) is 0 Å². The van der Waals surface area contributed by atoms with Gasteiger partial charge in [-0.05, 0) is 30.2 Å². The Morgan fingerprint density at radius 2 is 1.92 bits per heavy atom. The largest absolute Gasteiger partial charge is 0.353 e. The van der Waals surface area contributed by atoms with E-state index < -0.39 is 0 Å². The van der Waals surface area contributed by atoms with Gasteiger partial charge >= 0.3 is 0 Å². The molecule has 2 heterocycles. The molecule has 1 N–H and O–H groups in total. The maximum absolute atomic E-state index is 13.6. The van der Waals surface area contributed by atoms with Crippen LogP contribution in [0.1, 0.15) is 15.9 Å². The van der Waals surface area contributed by atoms with E-state index in [0.717, 1.165) is 25.3 Å². The molecule has 0 saturated carbocycles. The molecule has 1 fully saturated rings. The second-order valence-electron chi connectivity index (χ2n) is 6.13. The second-order valence-corrected chi connectivity index (χ2v) is 6.13. The number of piperazine rings is 1. The normalized spacial score (nSPS) is 14.2. The van der Waals surface area contributed by atoms with Crippen LogP contribution in [0.3, 0.4) is 0 Å². The van der Waals surface area contributed by atoms with Crippen molar-refractivity contribution in [2.24, 2.45) is 0 Å². The zero-order valence-corrected chi connectivity index (χ0v) is 14.4. The maximum Gasteiger partial charge on any atom is 0.252 e. The molecule has 2 aromatic rings. The summed E-state index contributed by atoms with van der Waals surface area (Å²) in [4.78, 5) is 31.1. The van der Waals surface area contributed by atoms with Gasteiger partial charge in [0, 0.05) is 38.9 Å². The first kappa shape index (κ1) is 17.8. The Balaban J connectivity index is 1.51. The molecular formula is C19H21FN4O2. The lowest BCUT2D eigenvalue weighted by Gasteiger charge is -2.33. The molecule has 1 aliphatic rings. The predicted octanol–water partition coefficient (Wildman–Crippen LogP) is 1.47. The topological polar surface area (TPSA) is 65.5 Å². The number of rotatable bonds is 6. The highest BCUT2D eigenvalue weighted by molar-refractivity contribution is 5.94. The Labute approximate surface area is 151 Å². The van der Waals surface area contributed by atoms with Crippen LogP contribution in [0.2, 0.25) is 0 Å². The first-order valence-corrected chi connectivity index (χ1v) is 8.59. The van der Waals surface area contributed by atoms with E-state index in [2.05, 4.69) is 15.2 Å². The summed E-state index contributed by atoms with van der Waals surface area (Å²) in [7, 11) is 0. The molecular weight excluding hydrogens is 335 g/mol. The Morgan fingerprint density at radius 3 is 2.58 bits per heavy atom. The minimum absolute atomic E-state index is 0.230. The predicted molar refractivity (Wildman–Crippen MR) is 96.5 cm³/mol. The third-order valence-electron chi connectivity index (χ3n) is 4.44. The van der Waals surface area contributed by atoms with Crippen molar-refractivity contribution in [1.82, 2.24) is 15.2 Å². The van der Waals surface area contributed by atoms with Gasteiger partial charge in [0.2, 0.25) is 6.41 Å². The molecule has 1 aliphatic heterocycles. The monoisotopic (exact) mass is 356 g/mol. The van der Waals surface area contributed by atoms with E-state index in [1.54, 1.807) is 35.4 Å². The number of benzene rings is 1. The Morgan fingerprint density at radius 1 is 1.15 bits per heavy atom. The van der Waals surface area contributed by atoms with E-state index in [-0.39, 0.29) is 11.7 Å². The summed E-state index contributed by atoms with van der Waals surface area (Å²) in [5, 5.41) is 2.78. The lowest BCUT2D eigenvalue weighted by Crippen LogP contribution is -2.46. The Hall–Kier alpha value is -2.96. The summed E-state index contributed by atoms with van der Waals surface area (Å²) in [5.41, 5.74) is 1.05. The quantitative estimate of drug-likeness (QED) is 0.796. The van der Waals surface area contributed by atoms with Gasteiger partial charge < -0.3 is 15.1 Å². The number of amides is 2. The number of pyridine rings is 1. The van der Waals surface area contributed by atoms with E-state index in [0.29, 0.717) is 37.2 Å². The van der Waals surface area contributed by atoms with Gasteiger partial charge in [-0.1, -0.05) is 18.2 Å². The molecule has 2 amide bonds. The van der Waals surface area contributed by atoms with E-state index >= 15 is 0 Å². The minimum atomic E-state index is -0.262. The van der Waals surface area contributed by atoms with Gasteiger partial charge in [0.05, 0.1) is 5.56 Å². The van der Waals surface area contributed by atoms with E-state index in [1.165, 1.54) is 6.07 Å². The highest BCUT2D eigenvalue weighted by Crippen LogP contribution is 2.14. The molecule has 26 heavy (non-hydrogen) atoms. The van der Waals surface area contributed by atoms with Crippen molar-refractivity contribution in [3.63, 3.8) is 0 Å². The van der Waals surface area contributed by atoms with Crippen LogP contribution in [-0.4, -0.2) is 54.9 Å². The zero-order valence-electron chi connectivity index (χ0n) is 14.4. The summed E-state index contributed by atoms with van der Waals surface area (Å²) in [6.45, 7) is 3.14. The molecule has 0 atom stereocenters. The Kier molecular flexibility index (Phi) is 5.78. The van der Waals surface area contributed by atoms with Crippen molar-refractivity contribution in [2.75, 3.05) is 37.6 Å². The van der Waals surface area contributed by atoms with Crippen LogP contribution in [0.5, 0.6) is 0 Å². The van der Waals surface area contributed by atoms with Crippen molar-refractivity contribution in [3.8, 4) is 0 Å². The van der Waals surface area contributed by atoms with Crippen LogP contribution in [0.15, 0.2) is 42.6 Å². The van der Waals surface area contributed by atoms with Gasteiger partial charge in [-0.2, -0.15) is 0 Å². The number of hydrogen-bond donors (Lipinski definition) is 1. The van der Waals surface area contributed by atoms with Crippen molar-refractivity contribution >= 4 is 18.1 Å². The average molecular weight is 356 g/mol. The van der Waals surface area contributed by atoms with E-state index in [1.807, 2.05) is 6.07 Å². The summed E-state index contributed by atoms with van der Waals surface area (Å²) in [6.07, 6.45) is 2.84. The summed E-state index contributed by atoms with van der Waals surface area (Å²) >= 11 is 0. The molecule has 1 aromatic heterocycles. The number of nitrogens with zero attached hydrogens (tertiary/aromatic N) is 3. The van der Waals surface area contributed by atoms with Gasteiger partial charge in [0.15, 0.2) is 0 Å². The average Bonchev–Trinajstić information content (AvgIpc) is 2.69. The molecule has 0 spiro atoms. The third-order valence-corrected chi connectivity index (χ3v) is 4.44. The van der Waals surface area contributed by atoms with Gasteiger partial charge in [-0.3, -0.25) is 9.59 Å². The number of aromatic nitrogens is 1. The highest BCUT2D eigenvalue weighted by Gasteiger charge is 2.17. The van der Waals surface area contributed by atoms with Crippen LogP contribution < -0.4 is 10.2 Å². The van der Waals surface area contributed by atoms with Crippen LogP contribution >= 0.6 is 0 Å². The molecule has 3 rings (SSSR count). The van der Waals surface area contributed by atoms with Crippen molar-refractivity contribution in [3.05, 3.63) is 59.5 Å². The van der Waals surface area contributed by atoms with E-state index in [9.17, 15) is 14.0 Å². The molecule has 0 radical (unpaired) electrons. The first-order chi connectivity index (χ1) is 12.7. The number of nitrogens with one attached hydrogen (secondary N) is 1. The van der Waals surface area contributed by atoms with Gasteiger partial charge in [-0.15, -0.1) is 0 Å². The highest BCUT2D eigenvalue weighted by atomic mass is 19.1. The number of halogens is 1. The third kappa shape index (κ3) is 4.36. The smallest absolute Gasteiger partial charge is 0.252 e. The number of hydrogen-bond acceptors (Lipinski definition) is 4. The van der Waals surface area contributed by atoms with Crippen LogP contribution in [0.4, 0.5) is 10.2 Å². The molecule has 7 heteroatoms. The van der Waals surface area contributed by atoms with Gasteiger partial charge in [-0.25, -0.2) is 9.37 Å². The number of anilines is 1. The van der Waals surface area contributed by atoms with Crippen LogP contribution in [0, 0.1) is 5.82 Å².